The van der Waals surface area contributed by atoms with Crippen molar-refractivity contribution in [1.29, 1.82) is 0 Å². The predicted molar refractivity (Wildman–Crippen MR) is 95.0 cm³/mol. The van der Waals surface area contributed by atoms with Gasteiger partial charge in [0.1, 0.15) is 11.5 Å². The van der Waals surface area contributed by atoms with Crippen LogP contribution in [-0.4, -0.2) is 55.9 Å². The number of amides is 1. The normalized spacial score (nSPS) is 25.2. The van der Waals surface area contributed by atoms with Crippen LogP contribution in [0.5, 0.6) is 5.75 Å². The molecule has 138 valence electrons. The van der Waals surface area contributed by atoms with Gasteiger partial charge < -0.3 is 23.9 Å². The van der Waals surface area contributed by atoms with E-state index in [-0.39, 0.29) is 23.8 Å². The maximum atomic E-state index is 12.9. The largest absolute Gasteiger partial charge is 0.497 e. The van der Waals surface area contributed by atoms with Crippen LogP contribution in [0.1, 0.15) is 17.0 Å². The number of furan rings is 1. The molecule has 1 aromatic carbocycles. The van der Waals surface area contributed by atoms with Crippen molar-refractivity contribution in [2.24, 2.45) is 11.3 Å². The van der Waals surface area contributed by atoms with Gasteiger partial charge in [0.15, 0.2) is 5.76 Å². The van der Waals surface area contributed by atoms with E-state index in [9.17, 15) is 9.90 Å². The van der Waals surface area contributed by atoms with Gasteiger partial charge in [-0.1, -0.05) is 0 Å². The molecule has 0 radical (unpaired) electrons. The Balaban J connectivity index is 1.51. The summed E-state index contributed by atoms with van der Waals surface area (Å²) >= 11 is 0. The quantitative estimate of drug-likeness (QED) is 0.910. The van der Waals surface area contributed by atoms with Gasteiger partial charge in [-0.3, -0.25) is 4.79 Å². The zero-order valence-corrected chi connectivity index (χ0v) is 14.8. The second-order valence-corrected chi connectivity index (χ2v) is 7.12. The summed E-state index contributed by atoms with van der Waals surface area (Å²) in [6, 6.07) is 11.0. The molecule has 0 spiro atoms. The van der Waals surface area contributed by atoms with E-state index in [4.69, 9.17) is 13.9 Å². The van der Waals surface area contributed by atoms with E-state index in [0.717, 1.165) is 17.7 Å². The van der Waals surface area contributed by atoms with E-state index in [1.54, 1.807) is 18.1 Å². The van der Waals surface area contributed by atoms with Crippen molar-refractivity contribution in [3.05, 3.63) is 42.2 Å². The number of methoxy groups -OCH3 is 1. The maximum absolute atomic E-state index is 12.9. The first-order valence-electron chi connectivity index (χ1n) is 8.87. The summed E-state index contributed by atoms with van der Waals surface area (Å²) in [5, 5.41) is 9.89. The molecule has 2 aromatic rings. The number of likely N-dealkylation sites (tertiary alicyclic amines) is 1. The molecule has 1 aromatic heterocycles. The Labute approximate surface area is 152 Å². The number of benzene rings is 1. The Hall–Kier alpha value is -2.31. The molecule has 6 heteroatoms. The van der Waals surface area contributed by atoms with Gasteiger partial charge in [-0.25, -0.2) is 0 Å². The molecule has 3 heterocycles. The SMILES string of the molecule is COc1ccc(-c2ccc(C(=O)N3C[C@@H]4COCC[C@]4(CO)C3)o2)cc1. The Morgan fingerprint density at radius 1 is 1.31 bits per heavy atom. The van der Waals surface area contributed by atoms with E-state index >= 15 is 0 Å². The lowest BCUT2D eigenvalue weighted by Gasteiger charge is -2.36. The van der Waals surface area contributed by atoms with Crippen LogP contribution in [0.2, 0.25) is 0 Å². The number of carbonyl (C=O) groups excluding carboxylic acids is 1. The molecule has 0 saturated carbocycles. The van der Waals surface area contributed by atoms with E-state index in [2.05, 4.69) is 0 Å². The highest BCUT2D eigenvalue weighted by Gasteiger charge is 2.49. The fourth-order valence-electron chi connectivity index (χ4n) is 3.98. The van der Waals surface area contributed by atoms with Crippen LogP contribution in [0.25, 0.3) is 11.3 Å². The lowest BCUT2D eigenvalue weighted by atomic mass is 9.75. The average Bonchev–Trinajstić information content (AvgIpc) is 3.33. The summed E-state index contributed by atoms with van der Waals surface area (Å²) in [6.07, 6.45) is 0.785. The molecule has 2 saturated heterocycles. The molecule has 2 atom stereocenters. The first-order valence-corrected chi connectivity index (χ1v) is 8.87. The molecule has 2 aliphatic rings. The molecule has 1 amide bonds. The highest BCUT2D eigenvalue weighted by atomic mass is 16.5. The Morgan fingerprint density at radius 2 is 2.12 bits per heavy atom. The molecular formula is C20H23NO5. The third-order valence-electron chi connectivity index (χ3n) is 5.67. The number of fused-ring (bicyclic) bond motifs is 1. The number of aliphatic hydroxyl groups is 1. The summed E-state index contributed by atoms with van der Waals surface area (Å²) in [5.41, 5.74) is 0.652. The molecule has 0 aliphatic carbocycles. The summed E-state index contributed by atoms with van der Waals surface area (Å²) in [5.74, 6) is 1.79. The molecular weight excluding hydrogens is 334 g/mol. The monoisotopic (exact) mass is 357 g/mol. The smallest absolute Gasteiger partial charge is 0.289 e. The summed E-state index contributed by atoms with van der Waals surface area (Å²) < 4.78 is 16.5. The number of nitrogens with zero attached hydrogens (tertiary/aromatic N) is 1. The number of aliphatic hydroxyl groups excluding tert-OH is 1. The van der Waals surface area contributed by atoms with Gasteiger partial charge in [0, 0.05) is 36.6 Å². The topological polar surface area (TPSA) is 72.1 Å². The number of rotatable bonds is 4. The van der Waals surface area contributed by atoms with Crippen LogP contribution in [0.15, 0.2) is 40.8 Å². The van der Waals surface area contributed by atoms with Crippen LogP contribution in [0, 0.1) is 11.3 Å². The molecule has 2 aliphatic heterocycles. The second-order valence-electron chi connectivity index (χ2n) is 7.12. The van der Waals surface area contributed by atoms with Gasteiger partial charge in [-0.2, -0.15) is 0 Å². The first kappa shape index (κ1) is 17.1. The van der Waals surface area contributed by atoms with Crippen LogP contribution in [-0.2, 0) is 4.74 Å². The number of carbonyl (C=O) groups is 1. The van der Waals surface area contributed by atoms with Crippen LogP contribution in [0.3, 0.4) is 0 Å². The van der Waals surface area contributed by atoms with E-state index in [0.29, 0.717) is 37.8 Å². The third-order valence-corrected chi connectivity index (χ3v) is 5.67. The second kappa shape index (κ2) is 6.78. The number of ether oxygens (including phenoxy) is 2. The third kappa shape index (κ3) is 2.89. The molecule has 2 fully saturated rings. The van der Waals surface area contributed by atoms with Crippen molar-refractivity contribution < 1.29 is 23.8 Å². The Kier molecular flexibility index (Phi) is 4.46. The number of hydrogen-bond acceptors (Lipinski definition) is 5. The fourth-order valence-corrected chi connectivity index (χ4v) is 3.98. The minimum atomic E-state index is -0.237. The Morgan fingerprint density at radius 3 is 2.81 bits per heavy atom. The van der Waals surface area contributed by atoms with Gasteiger partial charge >= 0.3 is 0 Å². The lowest BCUT2D eigenvalue weighted by Crippen LogP contribution is -2.41. The van der Waals surface area contributed by atoms with E-state index in [1.165, 1.54) is 0 Å². The van der Waals surface area contributed by atoms with Crippen molar-refractivity contribution in [2.75, 3.05) is 40.0 Å². The van der Waals surface area contributed by atoms with Gasteiger partial charge in [0.2, 0.25) is 0 Å². The van der Waals surface area contributed by atoms with Gasteiger partial charge in [-0.15, -0.1) is 0 Å². The van der Waals surface area contributed by atoms with Gasteiger partial charge in [-0.05, 0) is 42.8 Å². The standard InChI is InChI=1S/C20H23NO5/c1-24-16-4-2-14(3-5-16)17-6-7-18(26-17)19(23)21-10-15-11-25-9-8-20(15,12-21)13-22/h2-7,15,22H,8-13H2,1H3/t15-,20-/m1/s1. The predicted octanol–water partition coefficient (Wildman–Crippen LogP) is 2.43. The van der Waals surface area contributed by atoms with Crippen molar-refractivity contribution >= 4 is 5.91 Å². The number of hydrogen-bond donors (Lipinski definition) is 1. The molecule has 4 rings (SSSR count). The molecule has 26 heavy (non-hydrogen) atoms. The summed E-state index contributed by atoms with van der Waals surface area (Å²) in [7, 11) is 1.62. The van der Waals surface area contributed by atoms with Crippen molar-refractivity contribution in [3.8, 4) is 17.1 Å². The molecule has 0 bridgehead atoms. The maximum Gasteiger partial charge on any atom is 0.289 e. The minimum absolute atomic E-state index is 0.0834. The van der Waals surface area contributed by atoms with Gasteiger partial charge in [0.25, 0.3) is 5.91 Å². The minimum Gasteiger partial charge on any atom is -0.497 e. The average molecular weight is 357 g/mol. The zero-order chi connectivity index (χ0) is 18.1. The van der Waals surface area contributed by atoms with Gasteiger partial charge in [0.05, 0.1) is 20.3 Å². The summed E-state index contributed by atoms with van der Waals surface area (Å²) in [4.78, 5) is 14.7. The first-order chi connectivity index (χ1) is 12.6. The van der Waals surface area contributed by atoms with Crippen molar-refractivity contribution in [3.63, 3.8) is 0 Å². The summed E-state index contributed by atoms with van der Waals surface area (Å²) in [6.45, 7) is 2.47. The lowest BCUT2D eigenvalue weighted by molar-refractivity contribution is -0.0415. The molecule has 1 N–H and O–H groups in total. The van der Waals surface area contributed by atoms with Crippen molar-refractivity contribution in [1.82, 2.24) is 4.90 Å². The van der Waals surface area contributed by atoms with Crippen LogP contribution >= 0.6 is 0 Å². The Bertz CT molecular complexity index is 784. The fraction of sp³-hybridized carbons (Fsp3) is 0.450. The van der Waals surface area contributed by atoms with Crippen LogP contribution < -0.4 is 4.74 Å². The highest BCUT2D eigenvalue weighted by Crippen LogP contribution is 2.42. The van der Waals surface area contributed by atoms with Crippen molar-refractivity contribution in [2.45, 2.75) is 6.42 Å². The zero-order valence-electron chi connectivity index (χ0n) is 14.8. The highest BCUT2D eigenvalue weighted by molar-refractivity contribution is 5.92. The molecule has 6 nitrogen and oxygen atoms in total. The van der Waals surface area contributed by atoms with E-state index in [1.807, 2.05) is 30.3 Å². The van der Waals surface area contributed by atoms with Crippen LogP contribution in [0.4, 0.5) is 0 Å². The molecule has 0 unspecified atom stereocenters. The van der Waals surface area contributed by atoms with E-state index < -0.39 is 0 Å².